The Morgan fingerprint density at radius 1 is 1.25 bits per heavy atom. The molecule has 0 aliphatic carbocycles. The first-order chi connectivity index (χ1) is 11.5. The van der Waals surface area contributed by atoms with Crippen LogP contribution in [0.2, 0.25) is 10.0 Å². The van der Waals surface area contributed by atoms with Crippen molar-refractivity contribution in [1.29, 1.82) is 0 Å². The van der Waals surface area contributed by atoms with Crippen LogP contribution in [0.5, 0.6) is 5.75 Å². The van der Waals surface area contributed by atoms with Gasteiger partial charge in [-0.3, -0.25) is 4.90 Å². The van der Waals surface area contributed by atoms with Crippen LogP contribution >= 0.6 is 23.2 Å². The fourth-order valence-electron chi connectivity index (χ4n) is 4.06. The highest BCUT2D eigenvalue weighted by atomic mass is 35.5. The number of piperidine rings is 3. The molecule has 4 aliphatic heterocycles. The van der Waals surface area contributed by atoms with Crippen LogP contribution in [0.1, 0.15) is 38.3 Å². The van der Waals surface area contributed by atoms with E-state index in [0.29, 0.717) is 40.3 Å². The van der Waals surface area contributed by atoms with Gasteiger partial charge in [-0.15, -0.1) is 0 Å². The van der Waals surface area contributed by atoms with Crippen molar-refractivity contribution in [3.05, 3.63) is 27.7 Å². The zero-order valence-corrected chi connectivity index (χ0v) is 15.6. The second-order valence-electron chi connectivity index (χ2n) is 7.42. The van der Waals surface area contributed by atoms with Gasteiger partial charge in [0, 0.05) is 5.92 Å². The third-order valence-corrected chi connectivity index (χ3v) is 5.79. The molecule has 3 fully saturated rings. The van der Waals surface area contributed by atoms with Crippen molar-refractivity contribution in [2.45, 2.75) is 38.8 Å². The number of nitrogens with one attached hydrogen (secondary N) is 1. The molecule has 0 aromatic heterocycles. The Morgan fingerprint density at radius 2 is 1.92 bits per heavy atom. The molecular formula is C18H23Cl2N3O. The molecule has 4 heterocycles. The lowest BCUT2D eigenvalue weighted by molar-refractivity contribution is 0.133. The van der Waals surface area contributed by atoms with E-state index in [-0.39, 0.29) is 6.04 Å². The van der Waals surface area contributed by atoms with E-state index in [9.17, 15) is 0 Å². The maximum atomic E-state index is 6.46. The normalized spacial score (nSPS) is 31.0. The van der Waals surface area contributed by atoms with Gasteiger partial charge < -0.3 is 10.2 Å². The summed E-state index contributed by atoms with van der Waals surface area (Å²) in [5.74, 6) is 1.65. The minimum atomic E-state index is 0.122. The first-order valence-electron chi connectivity index (χ1n) is 8.73. The Hall–Kier alpha value is -0.970. The number of rotatable bonds is 4. The average Bonchev–Trinajstić information content (AvgIpc) is 3.02. The van der Waals surface area contributed by atoms with Gasteiger partial charge in [0.1, 0.15) is 0 Å². The number of nitrogens with zero attached hydrogens (tertiary/aromatic N) is 2. The maximum Gasteiger partial charge on any atom is 0.156 e. The SMILES string of the molecule is CC(C)COc1c(Cl)cc(C2NN=C3C4CCN(CC4)C32)cc1Cl. The van der Waals surface area contributed by atoms with Gasteiger partial charge in [-0.05, 0) is 49.5 Å². The summed E-state index contributed by atoms with van der Waals surface area (Å²) in [6.45, 7) is 7.12. The lowest BCUT2D eigenvalue weighted by Gasteiger charge is -2.45. The fourth-order valence-corrected chi connectivity index (χ4v) is 4.67. The smallest absolute Gasteiger partial charge is 0.156 e. The Labute approximate surface area is 153 Å². The number of benzene rings is 1. The molecule has 0 saturated carbocycles. The summed E-state index contributed by atoms with van der Waals surface area (Å²) in [6, 6.07) is 4.41. The van der Waals surface area contributed by atoms with Crippen LogP contribution in [0.3, 0.4) is 0 Å². The van der Waals surface area contributed by atoms with E-state index in [0.717, 1.165) is 18.7 Å². The summed E-state index contributed by atoms with van der Waals surface area (Å²) in [5.41, 5.74) is 5.72. The van der Waals surface area contributed by atoms with E-state index in [4.69, 9.17) is 27.9 Å². The molecule has 5 rings (SSSR count). The molecule has 0 radical (unpaired) electrons. The van der Waals surface area contributed by atoms with E-state index in [1.165, 1.54) is 18.6 Å². The molecule has 24 heavy (non-hydrogen) atoms. The fraction of sp³-hybridized carbons (Fsp3) is 0.611. The maximum absolute atomic E-state index is 6.46. The van der Waals surface area contributed by atoms with Gasteiger partial charge in [0.2, 0.25) is 0 Å². The Bertz CT molecular complexity index is 645. The van der Waals surface area contributed by atoms with E-state index in [1.807, 2.05) is 12.1 Å². The standard InChI is InChI=1S/C18H23Cl2N3O/c1-10(2)9-24-18-13(19)7-12(8-14(18)20)16-17-15(21-22-16)11-3-5-23(17)6-4-11/h7-8,10-11,16-17,22H,3-6,9H2,1-2H3. The summed E-state index contributed by atoms with van der Waals surface area (Å²) < 4.78 is 5.78. The van der Waals surface area contributed by atoms with Crippen LogP contribution in [0.15, 0.2) is 17.2 Å². The van der Waals surface area contributed by atoms with Crippen LogP contribution in [0.4, 0.5) is 0 Å². The molecule has 130 valence electrons. The first-order valence-corrected chi connectivity index (χ1v) is 9.49. The zero-order valence-electron chi connectivity index (χ0n) is 14.1. The summed E-state index contributed by atoms with van der Waals surface area (Å²) in [4.78, 5) is 2.54. The van der Waals surface area contributed by atoms with Crippen molar-refractivity contribution in [3.8, 4) is 5.75 Å². The highest BCUT2D eigenvalue weighted by Gasteiger charge is 2.46. The number of hydrogen-bond donors (Lipinski definition) is 1. The number of hydrazone groups is 1. The number of halogens is 2. The van der Waals surface area contributed by atoms with Crippen molar-refractivity contribution in [2.24, 2.45) is 16.9 Å². The minimum absolute atomic E-state index is 0.122. The predicted octanol–water partition coefficient (Wildman–Crippen LogP) is 4.12. The Morgan fingerprint density at radius 3 is 2.54 bits per heavy atom. The van der Waals surface area contributed by atoms with Gasteiger partial charge in [0.25, 0.3) is 0 Å². The predicted molar refractivity (Wildman–Crippen MR) is 98.2 cm³/mol. The van der Waals surface area contributed by atoms with Crippen LogP contribution in [0, 0.1) is 11.8 Å². The molecule has 0 spiro atoms. The molecule has 4 nitrogen and oxygen atoms in total. The van der Waals surface area contributed by atoms with Crippen molar-refractivity contribution >= 4 is 28.9 Å². The highest BCUT2D eigenvalue weighted by Crippen LogP contribution is 2.42. The van der Waals surface area contributed by atoms with Gasteiger partial charge >= 0.3 is 0 Å². The van der Waals surface area contributed by atoms with E-state index < -0.39 is 0 Å². The van der Waals surface area contributed by atoms with Gasteiger partial charge in [0.05, 0.1) is 34.4 Å². The minimum Gasteiger partial charge on any atom is -0.490 e. The Balaban J connectivity index is 1.59. The lowest BCUT2D eigenvalue weighted by atomic mass is 9.78. The van der Waals surface area contributed by atoms with E-state index in [1.54, 1.807) is 0 Å². The quantitative estimate of drug-likeness (QED) is 0.869. The molecule has 2 unspecified atom stereocenters. The van der Waals surface area contributed by atoms with Crippen molar-refractivity contribution < 1.29 is 4.74 Å². The topological polar surface area (TPSA) is 36.9 Å². The monoisotopic (exact) mass is 367 g/mol. The summed E-state index contributed by atoms with van der Waals surface area (Å²) in [5, 5.41) is 5.79. The van der Waals surface area contributed by atoms with Crippen LogP contribution in [-0.2, 0) is 0 Å². The summed E-state index contributed by atoms with van der Waals surface area (Å²) in [7, 11) is 0. The number of fused-ring (bicyclic) bond motifs is 2. The van der Waals surface area contributed by atoms with Gasteiger partial charge in [0.15, 0.2) is 5.75 Å². The van der Waals surface area contributed by atoms with E-state index >= 15 is 0 Å². The lowest BCUT2D eigenvalue weighted by Crippen LogP contribution is -2.56. The molecule has 0 amide bonds. The second kappa shape index (κ2) is 6.40. The molecule has 1 N–H and O–H groups in total. The summed E-state index contributed by atoms with van der Waals surface area (Å²) >= 11 is 12.9. The molecular weight excluding hydrogens is 345 g/mol. The molecule has 1 aromatic carbocycles. The summed E-state index contributed by atoms with van der Waals surface area (Å²) in [6.07, 6.45) is 2.46. The third kappa shape index (κ3) is 2.79. The molecule has 6 heteroatoms. The molecule has 4 aliphatic rings. The molecule has 3 saturated heterocycles. The highest BCUT2D eigenvalue weighted by molar-refractivity contribution is 6.37. The largest absolute Gasteiger partial charge is 0.490 e. The molecule has 1 aromatic rings. The van der Waals surface area contributed by atoms with Gasteiger partial charge in [-0.2, -0.15) is 5.10 Å². The zero-order chi connectivity index (χ0) is 16.8. The van der Waals surface area contributed by atoms with Crippen LogP contribution in [0.25, 0.3) is 0 Å². The Kier molecular flexibility index (Phi) is 4.40. The first kappa shape index (κ1) is 16.5. The number of hydrogen-bond acceptors (Lipinski definition) is 4. The second-order valence-corrected chi connectivity index (χ2v) is 8.23. The van der Waals surface area contributed by atoms with E-state index in [2.05, 4.69) is 29.3 Å². The van der Waals surface area contributed by atoms with Gasteiger partial charge in [-0.1, -0.05) is 37.0 Å². The third-order valence-electron chi connectivity index (χ3n) is 5.23. The average molecular weight is 368 g/mol. The van der Waals surface area contributed by atoms with Crippen molar-refractivity contribution in [1.82, 2.24) is 10.3 Å². The number of ether oxygens (including phenoxy) is 1. The van der Waals surface area contributed by atoms with Gasteiger partial charge in [-0.25, -0.2) is 0 Å². The molecule has 2 bridgehead atoms. The van der Waals surface area contributed by atoms with Crippen molar-refractivity contribution in [2.75, 3.05) is 19.7 Å². The molecule has 2 atom stereocenters. The van der Waals surface area contributed by atoms with Crippen LogP contribution in [-0.4, -0.2) is 36.3 Å². The van der Waals surface area contributed by atoms with Crippen molar-refractivity contribution in [3.63, 3.8) is 0 Å². The van der Waals surface area contributed by atoms with Crippen LogP contribution < -0.4 is 10.2 Å².